The number of amides is 8. The first-order chi connectivity index (χ1) is 54.6. The van der Waals surface area contributed by atoms with Crippen LogP contribution < -0.4 is 37.2 Å². The number of likely N-dealkylation sites (tertiary alicyclic amines) is 1. The molecule has 5 heterocycles. The molecule has 25 atom stereocenters. The summed E-state index contributed by atoms with van der Waals surface area (Å²) in [4.78, 5) is 112. The Bertz CT molecular complexity index is 2790. The molecule has 0 saturated carbocycles. The number of carbonyl (C=O) groups is 8. The Morgan fingerprint density at radius 1 is 0.368 bits per heavy atom. The molecule has 5 aliphatic rings. The van der Waals surface area contributed by atoms with Crippen LogP contribution in [-0.4, -0.2) is 322 Å². The van der Waals surface area contributed by atoms with Crippen LogP contribution >= 0.6 is 0 Å². The molecule has 19 N–H and O–H groups in total. The van der Waals surface area contributed by atoms with Crippen molar-refractivity contribution in [2.75, 3.05) is 85.6 Å². The number of carbonyl (C=O) groups excluding carboxylic acids is 8. The number of nitrogens with one attached hydrogen (secondary N) is 7. The van der Waals surface area contributed by atoms with Crippen LogP contribution in [0, 0.1) is 29.6 Å². The van der Waals surface area contributed by atoms with Crippen molar-refractivity contribution < 1.29 is 138 Å². The van der Waals surface area contributed by atoms with Gasteiger partial charge in [0, 0.05) is 121 Å². The molecular formula is C78H140N8O28. The first-order valence-electron chi connectivity index (χ1n) is 41.8. The number of hydrogen-bond acceptors (Lipinski definition) is 28. The highest BCUT2D eigenvalue weighted by atomic mass is 16.7. The molecule has 11 unspecified atom stereocenters. The number of ether oxygens (including phenoxy) is 8. The monoisotopic (exact) mass is 1640 g/mol. The molecule has 8 amide bonds. The van der Waals surface area contributed by atoms with Gasteiger partial charge in [-0.15, -0.1) is 0 Å². The average Bonchev–Trinajstić information content (AvgIpc) is 1.08. The molecule has 0 aliphatic carbocycles. The van der Waals surface area contributed by atoms with Crippen molar-refractivity contribution in [3.8, 4) is 0 Å². The Kier molecular flexibility index (Phi) is 47.3. The number of unbranched alkanes of at least 4 members (excludes halogenated alkanes) is 7. The zero-order valence-electron chi connectivity index (χ0n) is 67.9. The lowest BCUT2D eigenvalue weighted by Crippen LogP contribution is -2.55. The molecule has 0 radical (unpaired) electrons. The van der Waals surface area contributed by atoms with E-state index in [1.807, 2.05) is 4.90 Å². The van der Waals surface area contributed by atoms with Gasteiger partial charge >= 0.3 is 0 Å². The first-order valence-corrected chi connectivity index (χ1v) is 41.8. The van der Waals surface area contributed by atoms with E-state index < -0.39 is 196 Å². The van der Waals surface area contributed by atoms with E-state index in [1.165, 1.54) is 0 Å². The summed E-state index contributed by atoms with van der Waals surface area (Å²) >= 11 is 0. The molecule has 0 aromatic carbocycles. The molecule has 5 fully saturated rings. The standard InChI is InChI=1S/C78H140N8O28/c1-7-23-51-40-46(2)41-86(51)63(95)31-22-35-82-73(105)53(85-74(106)54(84-62(94)30-14-21-39-110-78-50(6)67(99)71(103)58(45-90)114-78)26-9-16-33-80-60(92)28-12-19-37-108-76-48(4)65(97)69(101)56(43-88)112-76)25-10-17-34-81-72(104)52(83-61(93)29-13-20-38-109-77-49(5)66(98)70(102)57(44-89)113-77)24-8-15-32-79-59(91)27-11-18-36-107-75-47(3)64(96)68(100)55(42-87)111-75/h46-58,64-71,75-78,87-90,96-103H,7-45H2,1-6H3,(H,79,91)(H,80,92)(H,81,104)(H,82,105)(H,83,93)(H,84,94)(H,85,106)/t46-,47?,48?,49?,50?,51-,52?,53?,54?,55?,56?,57?,58?,64-,65-,66-,67-,68+,69+,70+,71+,75-,76-,77-,78-/m1/s1. The lowest BCUT2D eigenvalue weighted by atomic mass is 9.92. The third kappa shape index (κ3) is 33.6. The molecule has 5 saturated heterocycles. The van der Waals surface area contributed by atoms with Crippen LogP contribution in [0.3, 0.4) is 0 Å². The Hall–Kier alpha value is -5.04. The molecule has 0 spiro atoms. The van der Waals surface area contributed by atoms with Crippen molar-refractivity contribution in [1.82, 2.24) is 42.1 Å². The summed E-state index contributed by atoms with van der Waals surface area (Å²) in [6.45, 7) is 10.7. The van der Waals surface area contributed by atoms with Crippen molar-refractivity contribution in [2.24, 2.45) is 29.6 Å². The van der Waals surface area contributed by atoms with Gasteiger partial charge in [0.15, 0.2) is 25.2 Å². The third-order valence-corrected chi connectivity index (χ3v) is 22.1. The largest absolute Gasteiger partial charge is 0.394 e. The average molecular weight is 1640 g/mol. The van der Waals surface area contributed by atoms with Crippen LogP contribution in [0.4, 0.5) is 0 Å². The van der Waals surface area contributed by atoms with E-state index in [0.29, 0.717) is 102 Å². The molecule has 0 bridgehead atoms. The summed E-state index contributed by atoms with van der Waals surface area (Å²) in [6, 6.07) is -3.18. The molecule has 0 aromatic rings. The molecule has 5 aliphatic heterocycles. The number of hydrogen-bond donors (Lipinski definition) is 19. The van der Waals surface area contributed by atoms with Gasteiger partial charge in [-0.2, -0.15) is 0 Å². The van der Waals surface area contributed by atoms with Gasteiger partial charge in [-0.1, -0.05) is 48.0 Å². The summed E-state index contributed by atoms with van der Waals surface area (Å²) in [5, 5.41) is 141. The molecule has 36 nitrogen and oxygen atoms in total. The zero-order chi connectivity index (χ0) is 83.8. The highest BCUT2D eigenvalue weighted by Gasteiger charge is 2.46. The topological polar surface area (TPSA) is 541 Å². The molecule has 660 valence electrons. The Morgan fingerprint density at radius 3 is 1.01 bits per heavy atom. The van der Waals surface area contributed by atoms with Gasteiger partial charge < -0.3 is 141 Å². The SMILES string of the molecule is CCC[C@@H]1C[C@@H](C)CN1C(=O)CCCNC(=O)C(CCCCNC(=O)C(CCCCNC(=O)CCCCO[C@@H]1OC(CO)[C@H](O)[C@H](O)C1C)NC(=O)CCCCO[C@@H]1OC(CO)[C@H](O)[C@H](O)C1C)NC(=O)C(CCCCNC(=O)CCCCO[C@@H]1OC(CO)[C@H](O)[C@H](O)C1C)NC(=O)CCCCO[C@@H]1OC(CO)[C@H](O)[C@H](O)C1C. The van der Waals surface area contributed by atoms with E-state index in [9.17, 15) is 99.6 Å². The fraction of sp³-hybridized carbons (Fsp3) is 0.897. The number of rotatable bonds is 55. The second kappa shape index (κ2) is 54.2. The Balaban J connectivity index is 1.20. The maximum atomic E-state index is 14.6. The lowest BCUT2D eigenvalue weighted by Gasteiger charge is -2.40. The summed E-state index contributed by atoms with van der Waals surface area (Å²) in [5.41, 5.74) is 0. The Morgan fingerprint density at radius 2 is 0.675 bits per heavy atom. The van der Waals surface area contributed by atoms with E-state index in [2.05, 4.69) is 51.1 Å². The van der Waals surface area contributed by atoms with Crippen molar-refractivity contribution in [1.29, 1.82) is 0 Å². The van der Waals surface area contributed by atoms with Gasteiger partial charge in [0.1, 0.15) is 67.0 Å². The Labute approximate surface area is 670 Å². The highest BCUT2D eigenvalue weighted by Crippen LogP contribution is 2.32. The molecular weight excluding hydrogens is 1500 g/mol. The van der Waals surface area contributed by atoms with Crippen molar-refractivity contribution in [2.45, 2.75) is 331 Å². The van der Waals surface area contributed by atoms with Crippen LogP contribution in [0.25, 0.3) is 0 Å². The minimum absolute atomic E-state index is 0.00476. The predicted octanol–water partition coefficient (Wildman–Crippen LogP) is -1.72. The van der Waals surface area contributed by atoms with Crippen LogP contribution in [-0.2, 0) is 76.3 Å². The molecule has 114 heavy (non-hydrogen) atoms. The first kappa shape index (κ1) is 99.5. The van der Waals surface area contributed by atoms with E-state index in [-0.39, 0.29) is 134 Å². The number of nitrogens with zero attached hydrogens (tertiary/aromatic N) is 1. The maximum absolute atomic E-state index is 14.6. The van der Waals surface area contributed by atoms with Crippen LogP contribution in [0.15, 0.2) is 0 Å². The quantitative estimate of drug-likeness (QED) is 0.0301. The van der Waals surface area contributed by atoms with Crippen molar-refractivity contribution in [3.63, 3.8) is 0 Å². The molecule has 36 heteroatoms. The summed E-state index contributed by atoms with van der Waals surface area (Å²) < 4.78 is 45.8. The second-order valence-corrected chi connectivity index (χ2v) is 31.6. The van der Waals surface area contributed by atoms with Crippen LogP contribution in [0.2, 0.25) is 0 Å². The second-order valence-electron chi connectivity index (χ2n) is 31.6. The predicted molar refractivity (Wildman–Crippen MR) is 410 cm³/mol. The smallest absolute Gasteiger partial charge is 0.243 e. The highest BCUT2D eigenvalue weighted by molar-refractivity contribution is 5.92. The van der Waals surface area contributed by atoms with Gasteiger partial charge in [0.2, 0.25) is 47.3 Å². The summed E-state index contributed by atoms with van der Waals surface area (Å²) in [5.74, 6) is -5.08. The van der Waals surface area contributed by atoms with Gasteiger partial charge in [0.25, 0.3) is 0 Å². The van der Waals surface area contributed by atoms with E-state index in [1.54, 1.807) is 27.7 Å². The summed E-state index contributed by atoms with van der Waals surface area (Å²) in [6.07, 6.45) is -8.23. The molecule has 5 rings (SSSR count). The van der Waals surface area contributed by atoms with Gasteiger partial charge in [-0.05, 0) is 134 Å². The van der Waals surface area contributed by atoms with E-state index in [0.717, 1.165) is 19.3 Å². The summed E-state index contributed by atoms with van der Waals surface area (Å²) in [7, 11) is 0. The van der Waals surface area contributed by atoms with Crippen molar-refractivity contribution >= 4 is 47.3 Å². The van der Waals surface area contributed by atoms with Crippen molar-refractivity contribution in [3.05, 3.63) is 0 Å². The van der Waals surface area contributed by atoms with Gasteiger partial charge in [-0.25, -0.2) is 0 Å². The van der Waals surface area contributed by atoms with E-state index in [4.69, 9.17) is 37.9 Å². The zero-order valence-corrected chi connectivity index (χ0v) is 67.9. The third-order valence-electron chi connectivity index (χ3n) is 22.1. The minimum atomic E-state index is -1.31. The van der Waals surface area contributed by atoms with Crippen LogP contribution in [0.5, 0.6) is 0 Å². The number of aliphatic hydroxyl groups excluding tert-OH is 12. The van der Waals surface area contributed by atoms with Gasteiger partial charge in [-0.3, -0.25) is 38.4 Å². The fourth-order valence-electron chi connectivity index (χ4n) is 14.8. The normalized spacial score (nSPS) is 30.5. The van der Waals surface area contributed by atoms with Gasteiger partial charge in [0.05, 0.1) is 50.8 Å². The number of aliphatic hydroxyl groups is 12. The molecule has 0 aromatic heterocycles. The minimum Gasteiger partial charge on any atom is -0.394 e. The van der Waals surface area contributed by atoms with E-state index >= 15 is 0 Å². The fourth-order valence-corrected chi connectivity index (χ4v) is 14.8. The lowest BCUT2D eigenvalue weighted by molar-refractivity contribution is -0.282. The maximum Gasteiger partial charge on any atom is 0.243 e. The van der Waals surface area contributed by atoms with Crippen LogP contribution in [0.1, 0.15) is 208 Å².